The van der Waals surface area contributed by atoms with Crippen molar-refractivity contribution in [3.63, 3.8) is 0 Å². The molecule has 2 aliphatic rings. The number of halogens is 1. The number of pyridine rings is 2. The molecule has 0 aliphatic carbocycles. The summed E-state index contributed by atoms with van der Waals surface area (Å²) in [7, 11) is 0. The van der Waals surface area contributed by atoms with Crippen molar-refractivity contribution >= 4 is 40.9 Å². The van der Waals surface area contributed by atoms with Crippen LogP contribution in [0.5, 0.6) is 0 Å². The predicted molar refractivity (Wildman–Crippen MR) is 188 cm³/mol. The molecule has 1 aromatic carbocycles. The number of ether oxygens (including phenoxy) is 1. The van der Waals surface area contributed by atoms with Crippen molar-refractivity contribution in [3.05, 3.63) is 91.5 Å². The van der Waals surface area contributed by atoms with Crippen LogP contribution in [0, 0.1) is 5.41 Å². The van der Waals surface area contributed by atoms with Crippen LogP contribution in [0.15, 0.2) is 86.5 Å². The molecule has 10 nitrogen and oxygen atoms in total. The van der Waals surface area contributed by atoms with E-state index in [1.165, 1.54) is 0 Å². The lowest BCUT2D eigenvalue weighted by Crippen LogP contribution is -2.48. The number of carbonyl (C=O) groups excluding carboxylic acids is 2. The van der Waals surface area contributed by atoms with E-state index in [1.807, 2.05) is 69.3 Å². The first-order valence-electron chi connectivity index (χ1n) is 15.2. The maximum Gasteiger partial charge on any atom is 0.410 e. The van der Waals surface area contributed by atoms with Crippen molar-refractivity contribution < 1.29 is 14.3 Å². The fourth-order valence-corrected chi connectivity index (χ4v) is 5.94. The zero-order valence-electron chi connectivity index (χ0n) is 26.4. The average molecular weight is 656 g/mol. The number of amides is 2. The van der Waals surface area contributed by atoms with Crippen LogP contribution < -0.4 is 10.2 Å². The SMILES string of the molecule is C.C=C.CC(C)(C)OC(=O)N1CCC2(CC1)CCN(c1cncc(Nc3ncc(Cl)c(-c4cccc(-c5ccccn5)c4)n3)c1)C2=O. The summed E-state index contributed by atoms with van der Waals surface area (Å²) < 4.78 is 5.53. The highest BCUT2D eigenvalue weighted by Gasteiger charge is 2.49. The first kappa shape index (κ1) is 35.0. The number of hydrogen-bond acceptors (Lipinski definition) is 8. The van der Waals surface area contributed by atoms with Crippen molar-refractivity contribution in [1.29, 1.82) is 0 Å². The molecule has 2 aliphatic heterocycles. The van der Waals surface area contributed by atoms with Crippen molar-refractivity contribution in [2.75, 3.05) is 29.9 Å². The van der Waals surface area contributed by atoms with Crippen LogP contribution >= 0.6 is 11.6 Å². The van der Waals surface area contributed by atoms with Crippen molar-refractivity contribution in [2.24, 2.45) is 5.41 Å². The van der Waals surface area contributed by atoms with Crippen LogP contribution in [0.1, 0.15) is 47.5 Å². The van der Waals surface area contributed by atoms with Gasteiger partial charge in [-0.25, -0.2) is 14.8 Å². The van der Waals surface area contributed by atoms with Crippen LogP contribution in [0.4, 0.5) is 22.1 Å². The fraction of sp³-hybridized carbons (Fsp3) is 0.333. The molecule has 246 valence electrons. The summed E-state index contributed by atoms with van der Waals surface area (Å²) >= 11 is 6.53. The maximum absolute atomic E-state index is 13.7. The second-order valence-corrected chi connectivity index (χ2v) is 12.6. The first-order chi connectivity index (χ1) is 22.1. The molecule has 1 spiro atoms. The zero-order valence-corrected chi connectivity index (χ0v) is 27.1. The van der Waals surface area contributed by atoms with E-state index in [2.05, 4.69) is 33.4 Å². The third-order valence-corrected chi connectivity index (χ3v) is 8.29. The molecule has 0 radical (unpaired) electrons. The Kier molecular flexibility index (Phi) is 11.0. The summed E-state index contributed by atoms with van der Waals surface area (Å²) in [5.41, 5.74) is 3.53. The van der Waals surface area contributed by atoms with Crippen molar-refractivity contribution in [1.82, 2.24) is 24.8 Å². The van der Waals surface area contributed by atoms with Gasteiger partial charge >= 0.3 is 6.09 Å². The largest absolute Gasteiger partial charge is 0.444 e. The van der Waals surface area contributed by atoms with Gasteiger partial charge in [-0.3, -0.25) is 14.8 Å². The molecule has 0 atom stereocenters. The van der Waals surface area contributed by atoms with Gasteiger partial charge in [0.2, 0.25) is 11.9 Å². The number of aromatic nitrogens is 4. The molecule has 4 aromatic rings. The molecule has 11 heteroatoms. The molecule has 0 unspecified atom stereocenters. The van der Waals surface area contributed by atoms with Crippen molar-refractivity contribution in [2.45, 2.75) is 53.1 Å². The van der Waals surface area contributed by atoms with E-state index in [9.17, 15) is 9.59 Å². The molecule has 3 aromatic heterocycles. The molecule has 0 bridgehead atoms. The van der Waals surface area contributed by atoms with Crippen LogP contribution in [0.2, 0.25) is 5.02 Å². The molecule has 5 heterocycles. The number of nitrogens with one attached hydrogen (secondary N) is 1. The third kappa shape index (κ3) is 7.94. The molecule has 2 saturated heterocycles. The van der Waals surface area contributed by atoms with Gasteiger partial charge in [0.1, 0.15) is 5.60 Å². The Labute approximate surface area is 281 Å². The smallest absolute Gasteiger partial charge is 0.410 e. The van der Waals surface area contributed by atoms with E-state index in [-0.39, 0.29) is 19.4 Å². The molecule has 1 N–H and O–H groups in total. The topological polar surface area (TPSA) is 113 Å². The van der Waals surface area contributed by atoms with E-state index in [4.69, 9.17) is 21.3 Å². The van der Waals surface area contributed by atoms with Gasteiger partial charge in [0.25, 0.3) is 0 Å². The molecule has 0 saturated carbocycles. The number of nitrogens with zero attached hydrogens (tertiary/aromatic N) is 6. The van der Waals surface area contributed by atoms with Gasteiger partial charge in [0, 0.05) is 37.0 Å². The number of benzene rings is 1. The van der Waals surface area contributed by atoms with Crippen molar-refractivity contribution in [3.8, 4) is 22.5 Å². The zero-order chi connectivity index (χ0) is 32.9. The minimum atomic E-state index is -0.554. The Hall–Kier alpha value is -4.83. The maximum atomic E-state index is 13.7. The highest BCUT2D eigenvalue weighted by molar-refractivity contribution is 6.33. The Morgan fingerprint density at radius 1 is 0.957 bits per heavy atom. The summed E-state index contributed by atoms with van der Waals surface area (Å²) in [6.45, 7) is 13.1. The van der Waals surface area contributed by atoms with E-state index in [0.717, 1.165) is 23.2 Å². The third-order valence-electron chi connectivity index (χ3n) is 8.02. The Balaban J connectivity index is 0.00000164. The van der Waals surface area contributed by atoms with Gasteiger partial charge in [0.05, 0.1) is 51.8 Å². The summed E-state index contributed by atoms with van der Waals surface area (Å²) in [4.78, 5) is 47.7. The fourth-order valence-electron chi connectivity index (χ4n) is 5.74. The van der Waals surface area contributed by atoms with E-state index < -0.39 is 11.0 Å². The lowest BCUT2D eigenvalue weighted by molar-refractivity contribution is -0.128. The van der Waals surface area contributed by atoms with Gasteiger partial charge < -0.3 is 19.9 Å². The normalized spacial score (nSPS) is 15.4. The Morgan fingerprint density at radius 3 is 2.38 bits per heavy atom. The predicted octanol–water partition coefficient (Wildman–Crippen LogP) is 8.19. The molecular formula is C36H42ClN7O3. The van der Waals surface area contributed by atoms with Gasteiger partial charge in [0.15, 0.2) is 0 Å². The first-order valence-corrected chi connectivity index (χ1v) is 15.5. The number of likely N-dealkylation sites (tertiary alicyclic amines) is 1. The summed E-state index contributed by atoms with van der Waals surface area (Å²) in [6, 6.07) is 15.5. The molecule has 2 fully saturated rings. The minimum Gasteiger partial charge on any atom is -0.444 e. The van der Waals surface area contributed by atoms with Gasteiger partial charge in [-0.1, -0.05) is 43.3 Å². The second kappa shape index (κ2) is 14.7. The van der Waals surface area contributed by atoms with Crippen LogP contribution in [0.3, 0.4) is 0 Å². The average Bonchev–Trinajstić information content (AvgIpc) is 3.37. The quantitative estimate of drug-likeness (QED) is 0.214. The van der Waals surface area contributed by atoms with Crippen LogP contribution in [0.25, 0.3) is 22.5 Å². The van der Waals surface area contributed by atoms with Gasteiger partial charge in [-0.05, 0) is 64.3 Å². The van der Waals surface area contributed by atoms with E-state index in [0.29, 0.717) is 60.5 Å². The lowest BCUT2D eigenvalue weighted by Gasteiger charge is -2.38. The summed E-state index contributed by atoms with van der Waals surface area (Å²) in [5, 5.41) is 3.64. The Bertz CT molecular complexity index is 1700. The Morgan fingerprint density at radius 2 is 1.68 bits per heavy atom. The van der Waals surface area contributed by atoms with E-state index >= 15 is 0 Å². The van der Waals surface area contributed by atoms with E-state index in [1.54, 1.807) is 34.6 Å². The molecular weight excluding hydrogens is 614 g/mol. The summed E-state index contributed by atoms with van der Waals surface area (Å²) in [6.07, 6.45) is 8.29. The number of anilines is 3. The number of carbonyl (C=O) groups is 2. The second-order valence-electron chi connectivity index (χ2n) is 12.2. The van der Waals surface area contributed by atoms with Crippen LogP contribution in [-0.4, -0.2) is 62.1 Å². The number of rotatable bonds is 5. The number of hydrogen-bond donors (Lipinski definition) is 1. The standard InChI is InChI=1S/C33H34ClN7O3.C2H4.CH4/c1-32(2,3)44-31(43)40-14-10-33(11-15-40)12-16-41(29(33)42)25-18-24(19-35-20-25)38-30-37-21-26(34)28(39-30)23-8-6-7-22(17-23)27-9-4-5-13-36-27;1-2;/h4-9,13,17-21H,10-12,14-16H2,1-3H3,(H,37,38,39);1-2H2;1H4. The molecule has 2 amide bonds. The van der Waals surface area contributed by atoms with Gasteiger partial charge in [-0.2, -0.15) is 0 Å². The van der Waals surface area contributed by atoms with Gasteiger partial charge in [-0.15, -0.1) is 13.2 Å². The molecule has 6 rings (SSSR count). The van der Waals surface area contributed by atoms with Crippen LogP contribution in [-0.2, 0) is 9.53 Å². The number of piperidine rings is 1. The molecule has 47 heavy (non-hydrogen) atoms. The lowest BCUT2D eigenvalue weighted by atomic mass is 9.77. The highest BCUT2D eigenvalue weighted by atomic mass is 35.5. The highest BCUT2D eigenvalue weighted by Crippen LogP contribution is 2.43. The monoisotopic (exact) mass is 655 g/mol. The summed E-state index contributed by atoms with van der Waals surface area (Å²) in [5.74, 6) is 0.420. The minimum absolute atomic E-state index is 0.